The zero-order chi connectivity index (χ0) is 36.5. The number of carbonyl (C=O) groups is 3. The molecule has 3 aliphatic rings. The van der Waals surface area contributed by atoms with E-state index in [2.05, 4.69) is 11.3 Å². The van der Waals surface area contributed by atoms with Gasteiger partial charge in [-0.25, -0.2) is 22.8 Å². The molecule has 0 radical (unpaired) electrons. The molecular weight excluding hydrogens is 686 g/mol. The largest absolute Gasteiger partial charge is 0.493 e. The Bertz CT molecular complexity index is 1720. The lowest BCUT2D eigenvalue weighted by molar-refractivity contribution is -0.196. The van der Waals surface area contributed by atoms with Crippen molar-refractivity contribution in [3.8, 4) is 11.5 Å². The molecular formula is C35H43N3O12S. The van der Waals surface area contributed by atoms with Gasteiger partial charge in [-0.15, -0.1) is 0 Å². The van der Waals surface area contributed by atoms with Gasteiger partial charge in [-0.3, -0.25) is 9.59 Å². The third kappa shape index (κ3) is 8.88. The van der Waals surface area contributed by atoms with E-state index in [-0.39, 0.29) is 79.4 Å². The van der Waals surface area contributed by atoms with Crippen LogP contribution in [0.5, 0.6) is 11.5 Å². The van der Waals surface area contributed by atoms with Crippen LogP contribution in [0, 0.1) is 0 Å². The van der Waals surface area contributed by atoms with Gasteiger partial charge < -0.3 is 38.4 Å². The number of sulfonamides is 1. The van der Waals surface area contributed by atoms with Gasteiger partial charge in [0.2, 0.25) is 10.0 Å². The van der Waals surface area contributed by atoms with Gasteiger partial charge in [0.05, 0.1) is 48.9 Å². The summed E-state index contributed by atoms with van der Waals surface area (Å²) in [6.45, 7) is 4.29. The molecule has 5 rings (SSSR count). The number of hydrogen-bond acceptors (Lipinski definition) is 11. The van der Waals surface area contributed by atoms with Crippen LogP contribution < -0.4 is 19.1 Å². The summed E-state index contributed by atoms with van der Waals surface area (Å²) in [7, 11) is -0.884. The number of methoxy groups -OCH3 is 1. The molecule has 2 N–H and O–H groups in total. The second-order valence-corrected chi connectivity index (χ2v) is 13.8. The Hall–Kier alpha value is -4.48. The van der Waals surface area contributed by atoms with E-state index in [1.807, 2.05) is 6.08 Å². The number of aliphatic carboxylic acids is 1. The average Bonchev–Trinajstić information content (AvgIpc) is 3.23. The van der Waals surface area contributed by atoms with Crippen molar-refractivity contribution in [2.45, 2.75) is 55.6 Å². The van der Waals surface area contributed by atoms with Crippen LogP contribution in [0.2, 0.25) is 0 Å². The summed E-state index contributed by atoms with van der Waals surface area (Å²) in [6, 6.07) is 8.72. The molecule has 3 aliphatic heterocycles. The highest BCUT2D eigenvalue weighted by Crippen LogP contribution is 2.43. The molecule has 16 heteroatoms. The van der Waals surface area contributed by atoms with Crippen LogP contribution in [0.25, 0.3) is 5.57 Å². The van der Waals surface area contributed by atoms with Gasteiger partial charge in [0.1, 0.15) is 13.2 Å². The van der Waals surface area contributed by atoms with Crippen molar-refractivity contribution >= 4 is 39.3 Å². The first kappa shape index (κ1) is 37.8. The molecule has 3 atom stereocenters. The van der Waals surface area contributed by atoms with Crippen molar-refractivity contribution in [3.63, 3.8) is 0 Å². The molecule has 0 spiro atoms. The fourth-order valence-corrected chi connectivity index (χ4v) is 6.84. The summed E-state index contributed by atoms with van der Waals surface area (Å²) in [5.41, 5.74) is 1.88. The van der Waals surface area contributed by atoms with Gasteiger partial charge in [-0.1, -0.05) is 30.9 Å². The number of carbonyl (C=O) groups excluding carboxylic acids is 2. The zero-order valence-electron chi connectivity index (χ0n) is 28.6. The van der Waals surface area contributed by atoms with Crippen molar-refractivity contribution in [3.05, 3.63) is 66.3 Å². The number of benzene rings is 2. The molecule has 2 amide bonds. The molecule has 1 saturated heterocycles. The monoisotopic (exact) mass is 729 g/mol. The molecule has 15 nitrogen and oxygen atoms in total. The average molecular weight is 730 g/mol. The maximum absolute atomic E-state index is 14.5. The van der Waals surface area contributed by atoms with Crippen molar-refractivity contribution in [2.24, 2.45) is 0 Å². The number of carboxylic acid groups (broad SMARTS) is 1. The lowest BCUT2D eigenvalue weighted by Gasteiger charge is -2.42. The predicted octanol–water partition coefficient (Wildman–Crippen LogP) is 3.78. The topological polar surface area (TPSA) is 179 Å². The molecule has 3 heterocycles. The molecule has 0 aromatic heterocycles. The van der Waals surface area contributed by atoms with Gasteiger partial charge in [0, 0.05) is 19.2 Å². The van der Waals surface area contributed by atoms with E-state index in [0.29, 0.717) is 13.0 Å². The first-order chi connectivity index (χ1) is 24.6. The fraction of sp³-hybridized carbons (Fsp3) is 0.457. The van der Waals surface area contributed by atoms with Crippen molar-refractivity contribution in [1.82, 2.24) is 9.62 Å². The summed E-state index contributed by atoms with van der Waals surface area (Å²) >= 11 is 0. The predicted molar refractivity (Wildman–Crippen MR) is 184 cm³/mol. The first-order valence-corrected chi connectivity index (χ1v) is 18.1. The van der Waals surface area contributed by atoms with Gasteiger partial charge in [-0.05, 0) is 62.1 Å². The number of hydrogen-bond donors (Lipinski definition) is 2. The summed E-state index contributed by atoms with van der Waals surface area (Å²) in [5.74, 6) is -0.943. The molecule has 51 heavy (non-hydrogen) atoms. The standard InChI is InChI=1S/C35H43N3O12S/c1-4-15-49-35(42)38-27-22-30(47-19-18-46-17-13-31(39)40)29(45-3)21-26(27)33(41)37-14-12-24(23-8-10-25(11-9-23)51(43,44)36-2)20-28(37)34(38)50-32-7-5-6-16-48-32/h4,8-12,21-22,28,32,34,36H,1,5-7,13-20H2,2-3H3,(H,39,40)/t28-,32?,34?/m0/s1. The molecule has 1 fully saturated rings. The maximum atomic E-state index is 14.5. The smallest absolute Gasteiger partial charge is 0.416 e. The van der Waals surface area contributed by atoms with E-state index in [0.717, 1.165) is 24.0 Å². The summed E-state index contributed by atoms with van der Waals surface area (Å²) in [6.07, 6.45) is 3.14. The Morgan fingerprint density at radius 2 is 1.90 bits per heavy atom. The normalized spacial score (nSPS) is 20.4. The van der Waals surface area contributed by atoms with Gasteiger partial charge in [0.25, 0.3) is 5.91 Å². The Balaban J connectivity index is 1.55. The molecule has 2 aromatic rings. The third-order valence-electron chi connectivity index (χ3n) is 8.68. The van der Waals surface area contributed by atoms with Crippen molar-refractivity contribution < 1.29 is 56.3 Å². The van der Waals surface area contributed by atoms with Crippen LogP contribution in [0.4, 0.5) is 10.5 Å². The Morgan fingerprint density at radius 3 is 2.57 bits per heavy atom. The summed E-state index contributed by atoms with van der Waals surface area (Å²) in [5, 5.41) is 8.87. The maximum Gasteiger partial charge on any atom is 0.416 e. The highest BCUT2D eigenvalue weighted by molar-refractivity contribution is 7.89. The molecule has 2 aromatic carbocycles. The van der Waals surface area contributed by atoms with E-state index >= 15 is 0 Å². The van der Waals surface area contributed by atoms with Gasteiger partial charge in [0.15, 0.2) is 24.0 Å². The molecule has 276 valence electrons. The molecule has 0 saturated carbocycles. The van der Waals surface area contributed by atoms with E-state index in [9.17, 15) is 22.8 Å². The second-order valence-electron chi connectivity index (χ2n) is 11.9. The van der Waals surface area contributed by atoms with Crippen molar-refractivity contribution in [2.75, 3.05) is 58.6 Å². The van der Waals surface area contributed by atoms with Crippen LogP contribution >= 0.6 is 0 Å². The number of ether oxygens (including phenoxy) is 6. The second kappa shape index (κ2) is 17.2. The SMILES string of the molecule is C=CCOC(=O)N1c2cc(OCCOCCC(=O)O)c(OC)cc2C(=O)N2CC=C(c3ccc(S(=O)(=O)NC)cc3)C[C@H]2C1OC1CCCCO1. The Kier molecular flexibility index (Phi) is 12.7. The van der Waals surface area contributed by atoms with Gasteiger partial charge in [-0.2, -0.15) is 0 Å². The lowest BCUT2D eigenvalue weighted by Crippen LogP contribution is -2.57. The Morgan fingerprint density at radius 1 is 1.12 bits per heavy atom. The van der Waals surface area contributed by atoms with Crippen LogP contribution in [-0.4, -0.2) is 109 Å². The summed E-state index contributed by atoms with van der Waals surface area (Å²) < 4.78 is 62.1. The fourth-order valence-electron chi connectivity index (χ4n) is 6.11. The van der Waals surface area contributed by atoms with E-state index < -0.39 is 40.6 Å². The minimum atomic E-state index is -3.65. The Labute approximate surface area is 296 Å². The quantitative estimate of drug-likeness (QED) is 0.201. The first-order valence-electron chi connectivity index (χ1n) is 16.6. The highest BCUT2D eigenvalue weighted by atomic mass is 32.2. The van der Waals surface area contributed by atoms with E-state index in [1.165, 1.54) is 49.4 Å². The number of nitrogens with zero attached hydrogens (tertiary/aromatic N) is 2. The van der Waals surface area contributed by atoms with E-state index in [1.54, 1.807) is 17.0 Å². The minimum absolute atomic E-state index is 0.00609. The van der Waals surface area contributed by atoms with Crippen LogP contribution in [0.1, 0.15) is 48.0 Å². The zero-order valence-corrected chi connectivity index (χ0v) is 29.4. The molecule has 0 aliphatic carbocycles. The number of rotatable bonds is 15. The number of amides is 2. The van der Waals surface area contributed by atoms with Crippen LogP contribution in [0.3, 0.4) is 0 Å². The highest BCUT2D eigenvalue weighted by Gasteiger charge is 2.47. The van der Waals surface area contributed by atoms with Crippen LogP contribution in [-0.2, 0) is 33.8 Å². The van der Waals surface area contributed by atoms with Crippen LogP contribution in [0.15, 0.2) is 60.0 Å². The third-order valence-corrected chi connectivity index (χ3v) is 10.1. The van der Waals surface area contributed by atoms with Gasteiger partial charge >= 0.3 is 12.1 Å². The molecule has 0 bridgehead atoms. The minimum Gasteiger partial charge on any atom is -0.493 e. The van der Waals surface area contributed by atoms with E-state index in [4.69, 9.17) is 33.5 Å². The number of carboxylic acids is 1. The number of fused-ring (bicyclic) bond motifs is 2. The lowest BCUT2D eigenvalue weighted by atomic mass is 9.92. The summed E-state index contributed by atoms with van der Waals surface area (Å²) in [4.78, 5) is 42.4. The number of anilines is 1. The van der Waals surface area contributed by atoms with Crippen molar-refractivity contribution in [1.29, 1.82) is 0 Å². The molecule has 2 unspecified atom stereocenters. The number of nitrogens with one attached hydrogen (secondary N) is 1.